The molecule has 0 aliphatic heterocycles. The van der Waals surface area contributed by atoms with Gasteiger partial charge in [-0.05, 0) is 42.7 Å². The van der Waals surface area contributed by atoms with Crippen LogP contribution < -0.4 is 10.6 Å². The Hall–Kier alpha value is -3.15. The standard InChI is InChI=1S/C21H25N3O3/c1-14-6-5-7-15(2)20(14)23-19(26)13-24(4)21(27)18-10-8-17(9-11-18)12-22-16(3)25/h5-11H,12-13H2,1-4H3,(H,22,25)(H,23,26). The number of amides is 3. The maximum absolute atomic E-state index is 12.5. The van der Waals surface area contributed by atoms with E-state index in [-0.39, 0.29) is 24.3 Å². The first-order valence-corrected chi connectivity index (χ1v) is 8.73. The molecule has 0 heterocycles. The fourth-order valence-electron chi connectivity index (χ4n) is 2.69. The number of carbonyl (C=O) groups excluding carboxylic acids is 3. The van der Waals surface area contributed by atoms with Gasteiger partial charge in [0.15, 0.2) is 0 Å². The molecule has 6 nitrogen and oxygen atoms in total. The van der Waals surface area contributed by atoms with E-state index < -0.39 is 0 Å². The number of hydrogen-bond acceptors (Lipinski definition) is 3. The van der Waals surface area contributed by atoms with Crippen LogP contribution in [-0.4, -0.2) is 36.2 Å². The topological polar surface area (TPSA) is 78.5 Å². The van der Waals surface area contributed by atoms with E-state index in [9.17, 15) is 14.4 Å². The molecular formula is C21H25N3O3. The molecule has 0 aliphatic carbocycles. The molecule has 2 rings (SSSR count). The van der Waals surface area contributed by atoms with Crippen LogP contribution in [0.1, 0.15) is 34.0 Å². The third kappa shape index (κ3) is 5.67. The maximum Gasteiger partial charge on any atom is 0.254 e. The van der Waals surface area contributed by atoms with E-state index in [1.54, 1.807) is 31.3 Å². The van der Waals surface area contributed by atoms with Gasteiger partial charge in [0, 0.05) is 31.8 Å². The number of hydrogen-bond donors (Lipinski definition) is 2. The van der Waals surface area contributed by atoms with Gasteiger partial charge in [0.05, 0.1) is 6.54 Å². The molecule has 2 aromatic carbocycles. The zero-order chi connectivity index (χ0) is 20.0. The molecule has 0 spiro atoms. The highest BCUT2D eigenvalue weighted by Gasteiger charge is 2.16. The summed E-state index contributed by atoms with van der Waals surface area (Å²) in [6.45, 7) is 5.69. The van der Waals surface area contributed by atoms with Gasteiger partial charge in [-0.15, -0.1) is 0 Å². The third-order valence-electron chi connectivity index (χ3n) is 4.22. The summed E-state index contributed by atoms with van der Waals surface area (Å²) in [7, 11) is 1.60. The van der Waals surface area contributed by atoms with Crippen molar-refractivity contribution in [2.45, 2.75) is 27.3 Å². The molecule has 27 heavy (non-hydrogen) atoms. The predicted molar refractivity (Wildman–Crippen MR) is 105 cm³/mol. The summed E-state index contributed by atoms with van der Waals surface area (Å²) in [4.78, 5) is 37.2. The Bertz CT molecular complexity index is 824. The number of anilines is 1. The maximum atomic E-state index is 12.5. The zero-order valence-corrected chi connectivity index (χ0v) is 16.1. The van der Waals surface area contributed by atoms with Gasteiger partial charge in [-0.25, -0.2) is 0 Å². The second-order valence-electron chi connectivity index (χ2n) is 6.58. The van der Waals surface area contributed by atoms with Crippen molar-refractivity contribution >= 4 is 23.4 Å². The van der Waals surface area contributed by atoms with Crippen molar-refractivity contribution in [3.8, 4) is 0 Å². The lowest BCUT2D eigenvalue weighted by molar-refractivity contribution is -0.119. The van der Waals surface area contributed by atoms with Crippen LogP contribution in [-0.2, 0) is 16.1 Å². The number of para-hydroxylation sites is 1. The number of rotatable bonds is 6. The van der Waals surface area contributed by atoms with Gasteiger partial charge < -0.3 is 15.5 Å². The minimum atomic E-state index is -0.245. The van der Waals surface area contributed by atoms with Crippen molar-refractivity contribution in [2.24, 2.45) is 0 Å². The summed E-state index contributed by atoms with van der Waals surface area (Å²) in [5.74, 6) is -0.590. The van der Waals surface area contributed by atoms with Crippen LogP contribution in [0.4, 0.5) is 5.69 Å². The van der Waals surface area contributed by atoms with Crippen molar-refractivity contribution in [3.05, 3.63) is 64.7 Å². The van der Waals surface area contributed by atoms with Crippen LogP contribution in [0.2, 0.25) is 0 Å². The van der Waals surface area contributed by atoms with Crippen molar-refractivity contribution in [2.75, 3.05) is 18.9 Å². The monoisotopic (exact) mass is 367 g/mol. The van der Waals surface area contributed by atoms with E-state index in [0.717, 1.165) is 22.4 Å². The highest BCUT2D eigenvalue weighted by molar-refractivity contribution is 5.99. The van der Waals surface area contributed by atoms with Gasteiger partial charge in [0.2, 0.25) is 11.8 Å². The second-order valence-corrected chi connectivity index (χ2v) is 6.58. The molecule has 142 valence electrons. The zero-order valence-electron chi connectivity index (χ0n) is 16.1. The van der Waals surface area contributed by atoms with Crippen LogP contribution in [0.3, 0.4) is 0 Å². The summed E-state index contributed by atoms with van der Waals surface area (Å²) in [6, 6.07) is 12.8. The molecule has 3 amide bonds. The molecule has 2 aromatic rings. The van der Waals surface area contributed by atoms with E-state index in [1.807, 2.05) is 32.0 Å². The van der Waals surface area contributed by atoms with E-state index >= 15 is 0 Å². The van der Waals surface area contributed by atoms with Gasteiger partial charge >= 0.3 is 0 Å². The lowest BCUT2D eigenvalue weighted by atomic mass is 10.1. The molecule has 0 unspecified atom stereocenters. The van der Waals surface area contributed by atoms with Gasteiger partial charge in [0.1, 0.15) is 0 Å². The average molecular weight is 367 g/mol. The Morgan fingerprint density at radius 2 is 1.56 bits per heavy atom. The Balaban J connectivity index is 1.96. The predicted octanol–water partition coefficient (Wildman–Crippen LogP) is 2.65. The lowest BCUT2D eigenvalue weighted by Crippen LogP contribution is -2.35. The first kappa shape index (κ1) is 20.2. The molecule has 0 atom stereocenters. The van der Waals surface area contributed by atoms with Crippen LogP contribution in [0.15, 0.2) is 42.5 Å². The largest absolute Gasteiger partial charge is 0.352 e. The highest BCUT2D eigenvalue weighted by atomic mass is 16.2. The molecule has 0 radical (unpaired) electrons. The van der Waals surface area contributed by atoms with Gasteiger partial charge in [0.25, 0.3) is 5.91 Å². The number of likely N-dealkylation sites (N-methyl/N-ethyl adjacent to an activating group) is 1. The Kier molecular flexibility index (Phi) is 6.71. The fourth-order valence-corrected chi connectivity index (χ4v) is 2.69. The van der Waals surface area contributed by atoms with Crippen LogP contribution >= 0.6 is 0 Å². The van der Waals surface area contributed by atoms with Crippen molar-refractivity contribution < 1.29 is 14.4 Å². The summed E-state index contributed by atoms with van der Waals surface area (Å²) >= 11 is 0. The Morgan fingerprint density at radius 1 is 0.963 bits per heavy atom. The number of nitrogens with one attached hydrogen (secondary N) is 2. The molecule has 0 saturated carbocycles. The summed E-state index contributed by atoms with van der Waals surface area (Å²) < 4.78 is 0. The molecule has 0 aliphatic rings. The van der Waals surface area contributed by atoms with Crippen LogP contribution in [0.5, 0.6) is 0 Å². The molecule has 0 fully saturated rings. The molecule has 0 bridgehead atoms. The highest BCUT2D eigenvalue weighted by Crippen LogP contribution is 2.19. The number of carbonyl (C=O) groups is 3. The lowest BCUT2D eigenvalue weighted by Gasteiger charge is -2.18. The van der Waals surface area contributed by atoms with Crippen LogP contribution in [0.25, 0.3) is 0 Å². The quantitative estimate of drug-likeness (QED) is 0.824. The molecule has 0 aromatic heterocycles. The SMILES string of the molecule is CC(=O)NCc1ccc(C(=O)N(C)CC(=O)Nc2c(C)cccc2C)cc1. The Labute approximate surface area is 159 Å². The molecule has 6 heteroatoms. The summed E-state index contributed by atoms with van der Waals surface area (Å²) in [5, 5.41) is 5.58. The summed E-state index contributed by atoms with van der Waals surface area (Å²) in [6.07, 6.45) is 0. The van der Waals surface area contributed by atoms with Gasteiger partial charge in [-0.2, -0.15) is 0 Å². The minimum absolute atomic E-state index is 0.0414. The molecular weight excluding hydrogens is 342 g/mol. The first-order chi connectivity index (χ1) is 12.8. The van der Waals surface area contributed by atoms with E-state index in [4.69, 9.17) is 0 Å². The fraction of sp³-hybridized carbons (Fsp3) is 0.286. The average Bonchev–Trinajstić information content (AvgIpc) is 2.63. The smallest absolute Gasteiger partial charge is 0.254 e. The van der Waals surface area contributed by atoms with E-state index in [2.05, 4.69) is 10.6 Å². The third-order valence-corrected chi connectivity index (χ3v) is 4.22. The number of aryl methyl sites for hydroxylation is 2. The number of benzene rings is 2. The van der Waals surface area contributed by atoms with Crippen LogP contribution in [0, 0.1) is 13.8 Å². The van der Waals surface area contributed by atoms with Gasteiger partial charge in [-0.3, -0.25) is 14.4 Å². The minimum Gasteiger partial charge on any atom is -0.352 e. The summed E-state index contributed by atoms with van der Waals surface area (Å²) in [5.41, 5.74) is 4.13. The normalized spacial score (nSPS) is 10.2. The van der Waals surface area contributed by atoms with Crippen molar-refractivity contribution in [3.63, 3.8) is 0 Å². The Morgan fingerprint density at radius 3 is 2.11 bits per heavy atom. The first-order valence-electron chi connectivity index (χ1n) is 8.73. The second kappa shape index (κ2) is 8.98. The van der Waals surface area contributed by atoms with E-state index in [0.29, 0.717) is 12.1 Å². The van der Waals surface area contributed by atoms with Crippen molar-refractivity contribution in [1.82, 2.24) is 10.2 Å². The molecule has 2 N–H and O–H groups in total. The van der Waals surface area contributed by atoms with E-state index in [1.165, 1.54) is 11.8 Å². The number of nitrogens with zero attached hydrogens (tertiary/aromatic N) is 1. The molecule has 0 saturated heterocycles. The van der Waals surface area contributed by atoms with Crippen molar-refractivity contribution in [1.29, 1.82) is 0 Å². The van der Waals surface area contributed by atoms with Gasteiger partial charge in [-0.1, -0.05) is 30.3 Å².